The second-order valence-electron chi connectivity index (χ2n) is 4.47. The highest BCUT2D eigenvalue weighted by molar-refractivity contribution is 4.55. The molecule has 13 heavy (non-hydrogen) atoms. The van der Waals surface area contributed by atoms with Crippen molar-refractivity contribution in [2.24, 2.45) is 11.8 Å². The van der Waals surface area contributed by atoms with Gasteiger partial charge in [0.1, 0.15) is 0 Å². The largest absolute Gasteiger partial charge is 0.396 e. The van der Waals surface area contributed by atoms with Gasteiger partial charge in [0.25, 0.3) is 0 Å². The summed E-state index contributed by atoms with van der Waals surface area (Å²) in [5.41, 5.74) is 0. The minimum atomic E-state index is 0.352. The molecule has 2 unspecified atom stereocenters. The molecule has 0 aliphatic rings. The fraction of sp³-hybridized carbons (Fsp3) is 1.00. The van der Waals surface area contributed by atoms with Gasteiger partial charge in [-0.1, -0.05) is 52.9 Å². The number of aliphatic hydroxyl groups excluding tert-OH is 1. The Morgan fingerprint density at radius 3 is 1.92 bits per heavy atom. The summed E-state index contributed by atoms with van der Waals surface area (Å²) < 4.78 is 0. The van der Waals surface area contributed by atoms with Gasteiger partial charge in [0, 0.05) is 6.61 Å². The third-order valence-electron chi connectivity index (χ3n) is 2.74. The standard InChI is InChI=1S/C12H26O/c1-4-7-11(2)8-5-6-9-12(3)10-13/h11-13H,4-10H2,1-3H3. The van der Waals surface area contributed by atoms with Crippen molar-refractivity contribution >= 4 is 0 Å². The summed E-state index contributed by atoms with van der Waals surface area (Å²) in [5, 5.41) is 8.83. The first-order valence-corrected chi connectivity index (χ1v) is 5.81. The fourth-order valence-corrected chi connectivity index (χ4v) is 1.71. The zero-order valence-electron chi connectivity index (χ0n) is 9.55. The predicted octanol–water partition coefficient (Wildman–Crippen LogP) is 3.61. The van der Waals surface area contributed by atoms with Crippen LogP contribution in [0, 0.1) is 11.8 Å². The van der Waals surface area contributed by atoms with E-state index in [1.54, 1.807) is 0 Å². The van der Waals surface area contributed by atoms with Gasteiger partial charge in [0.2, 0.25) is 0 Å². The average Bonchev–Trinajstić information content (AvgIpc) is 2.12. The van der Waals surface area contributed by atoms with Crippen molar-refractivity contribution in [3.05, 3.63) is 0 Å². The van der Waals surface area contributed by atoms with E-state index >= 15 is 0 Å². The van der Waals surface area contributed by atoms with E-state index in [-0.39, 0.29) is 0 Å². The van der Waals surface area contributed by atoms with Crippen molar-refractivity contribution in [1.82, 2.24) is 0 Å². The van der Waals surface area contributed by atoms with E-state index in [0.717, 1.165) is 5.92 Å². The molecular formula is C12H26O. The molecule has 0 spiro atoms. The maximum absolute atomic E-state index is 8.83. The Kier molecular flexibility index (Phi) is 8.53. The van der Waals surface area contributed by atoms with Crippen LogP contribution >= 0.6 is 0 Å². The Hall–Kier alpha value is -0.0400. The van der Waals surface area contributed by atoms with Crippen molar-refractivity contribution in [3.8, 4) is 0 Å². The SMILES string of the molecule is CCCC(C)CCCCC(C)CO. The van der Waals surface area contributed by atoms with Crippen molar-refractivity contribution in [2.45, 2.75) is 59.3 Å². The molecule has 0 saturated heterocycles. The molecule has 0 aromatic rings. The first-order chi connectivity index (χ1) is 6.20. The lowest BCUT2D eigenvalue weighted by Crippen LogP contribution is -2.01. The van der Waals surface area contributed by atoms with Crippen LogP contribution in [0.4, 0.5) is 0 Å². The molecule has 80 valence electrons. The molecule has 0 fully saturated rings. The molecule has 0 saturated carbocycles. The van der Waals surface area contributed by atoms with Crippen LogP contribution in [0.25, 0.3) is 0 Å². The molecule has 0 amide bonds. The number of unbranched alkanes of at least 4 members (excludes halogenated alkanes) is 1. The van der Waals surface area contributed by atoms with Gasteiger partial charge in [0.15, 0.2) is 0 Å². The second-order valence-corrected chi connectivity index (χ2v) is 4.47. The maximum Gasteiger partial charge on any atom is 0.0456 e. The number of hydrogen-bond acceptors (Lipinski definition) is 1. The van der Waals surface area contributed by atoms with Crippen molar-refractivity contribution in [1.29, 1.82) is 0 Å². The molecule has 0 heterocycles. The Morgan fingerprint density at radius 2 is 1.46 bits per heavy atom. The van der Waals surface area contributed by atoms with E-state index in [2.05, 4.69) is 20.8 Å². The van der Waals surface area contributed by atoms with E-state index in [1.807, 2.05) is 0 Å². The average molecular weight is 186 g/mol. The van der Waals surface area contributed by atoms with Crippen LogP contribution in [0.5, 0.6) is 0 Å². The van der Waals surface area contributed by atoms with Gasteiger partial charge in [0.05, 0.1) is 0 Å². The van der Waals surface area contributed by atoms with Gasteiger partial charge < -0.3 is 5.11 Å². The normalized spacial score (nSPS) is 15.7. The smallest absolute Gasteiger partial charge is 0.0456 e. The second kappa shape index (κ2) is 8.55. The maximum atomic E-state index is 8.83. The van der Waals surface area contributed by atoms with Crippen LogP contribution in [0.15, 0.2) is 0 Å². The van der Waals surface area contributed by atoms with Gasteiger partial charge in [-0.05, 0) is 18.3 Å². The summed E-state index contributed by atoms with van der Waals surface area (Å²) in [6, 6.07) is 0. The highest BCUT2D eigenvalue weighted by atomic mass is 16.3. The number of aliphatic hydroxyl groups is 1. The minimum absolute atomic E-state index is 0.352. The molecule has 0 aromatic heterocycles. The van der Waals surface area contributed by atoms with Crippen LogP contribution in [-0.4, -0.2) is 11.7 Å². The number of rotatable bonds is 8. The minimum Gasteiger partial charge on any atom is -0.396 e. The third kappa shape index (κ3) is 8.29. The zero-order valence-corrected chi connectivity index (χ0v) is 9.55. The summed E-state index contributed by atoms with van der Waals surface area (Å²) in [4.78, 5) is 0. The fourth-order valence-electron chi connectivity index (χ4n) is 1.71. The summed E-state index contributed by atoms with van der Waals surface area (Å²) in [5.74, 6) is 1.40. The molecule has 0 aromatic carbocycles. The van der Waals surface area contributed by atoms with Crippen molar-refractivity contribution < 1.29 is 5.11 Å². The molecule has 0 radical (unpaired) electrons. The highest BCUT2D eigenvalue weighted by Crippen LogP contribution is 2.16. The van der Waals surface area contributed by atoms with E-state index < -0.39 is 0 Å². The Balaban J connectivity index is 3.15. The van der Waals surface area contributed by atoms with Gasteiger partial charge in [-0.2, -0.15) is 0 Å². The molecule has 0 bridgehead atoms. The van der Waals surface area contributed by atoms with Crippen LogP contribution in [0.3, 0.4) is 0 Å². The summed E-state index contributed by atoms with van der Waals surface area (Å²) in [7, 11) is 0. The molecule has 1 N–H and O–H groups in total. The van der Waals surface area contributed by atoms with E-state index in [9.17, 15) is 0 Å². The molecule has 1 nitrogen and oxygen atoms in total. The van der Waals surface area contributed by atoms with Crippen LogP contribution < -0.4 is 0 Å². The predicted molar refractivity (Wildman–Crippen MR) is 58.8 cm³/mol. The van der Waals surface area contributed by atoms with Gasteiger partial charge in [-0.25, -0.2) is 0 Å². The van der Waals surface area contributed by atoms with E-state index in [1.165, 1.54) is 38.5 Å². The highest BCUT2D eigenvalue weighted by Gasteiger charge is 2.02. The Morgan fingerprint density at radius 1 is 0.923 bits per heavy atom. The first-order valence-electron chi connectivity index (χ1n) is 5.81. The van der Waals surface area contributed by atoms with E-state index in [4.69, 9.17) is 5.11 Å². The molecular weight excluding hydrogens is 160 g/mol. The van der Waals surface area contributed by atoms with E-state index in [0.29, 0.717) is 12.5 Å². The molecule has 0 aliphatic heterocycles. The van der Waals surface area contributed by atoms with Gasteiger partial charge in [-0.3, -0.25) is 0 Å². The number of hydrogen-bond donors (Lipinski definition) is 1. The van der Waals surface area contributed by atoms with Gasteiger partial charge >= 0.3 is 0 Å². The summed E-state index contributed by atoms with van der Waals surface area (Å²) >= 11 is 0. The first kappa shape index (κ1) is 13.0. The van der Waals surface area contributed by atoms with Crippen LogP contribution in [0.2, 0.25) is 0 Å². The lowest BCUT2D eigenvalue weighted by atomic mass is 9.96. The topological polar surface area (TPSA) is 20.2 Å². The quantitative estimate of drug-likeness (QED) is 0.574. The van der Waals surface area contributed by atoms with Gasteiger partial charge in [-0.15, -0.1) is 0 Å². The van der Waals surface area contributed by atoms with Crippen LogP contribution in [0.1, 0.15) is 59.3 Å². The molecule has 0 rings (SSSR count). The zero-order chi connectivity index (χ0) is 10.1. The molecule has 0 aliphatic carbocycles. The summed E-state index contributed by atoms with van der Waals surface area (Å²) in [6.07, 6.45) is 7.87. The molecule has 2 atom stereocenters. The third-order valence-corrected chi connectivity index (χ3v) is 2.74. The lowest BCUT2D eigenvalue weighted by Gasteiger charge is -2.10. The Labute approximate surface area is 83.5 Å². The molecule has 1 heteroatoms. The van der Waals surface area contributed by atoms with Crippen molar-refractivity contribution in [2.75, 3.05) is 6.61 Å². The summed E-state index contributed by atoms with van der Waals surface area (Å²) in [6.45, 7) is 7.07. The van der Waals surface area contributed by atoms with Crippen LogP contribution in [-0.2, 0) is 0 Å². The van der Waals surface area contributed by atoms with Crippen molar-refractivity contribution in [3.63, 3.8) is 0 Å². The monoisotopic (exact) mass is 186 g/mol. The Bertz CT molecular complexity index is 101. The lowest BCUT2D eigenvalue weighted by molar-refractivity contribution is 0.226.